The second-order valence-electron chi connectivity index (χ2n) is 6.46. The van der Waals surface area contributed by atoms with E-state index in [9.17, 15) is 9.59 Å². The van der Waals surface area contributed by atoms with Gasteiger partial charge in [-0.25, -0.2) is 14.8 Å². The van der Waals surface area contributed by atoms with Crippen LogP contribution in [-0.2, 0) is 24.4 Å². The first-order valence-electron chi connectivity index (χ1n) is 9.21. The Hall–Kier alpha value is -3.53. The van der Waals surface area contributed by atoms with Gasteiger partial charge in [-0.3, -0.25) is 9.69 Å². The number of halogens is 1. The monoisotopic (exact) mass is 427 g/mol. The number of hydrogen-bond donors (Lipinski definition) is 1. The van der Waals surface area contributed by atoms with Gasteiger partial charge in [0.25, 0.3) is 5.91 Å². The SMILES string of the molecule is CCn1cnnc1-c1cccc(N2Cc3c(cc(Cl)nc3COC(=O)NC)C2=O)n1. The van der Waals surface area contributed by atoms with Crippen LogP contribution in [0.1, 0.15) is 28.5 Å². The molecule has 0 atom stereocenters. The van der Waals surface area contributed by atoms with Gasteiger partial charge in [-0.2, -0.15) is 0 Å². The number of ether oxygens (including phenoxy) is 1. The molecule has 11 heteroatoms. The molecule has 0 radical (unpaired) electrons. The lowest BCUT2D eigenvalue weighted by molar-refractivity contribution is 0.0996. The summed E-state index contributed by atoms with van der Waals surface area (Å²) in [5.41, 5.74) is 2.10. The van der Waals surface area contributed by atoms with Crippen LogP contribution in [0.25, 0.3) is 11.5 Å². The number of rotatable bonds is 5. The Bertz CT molecular complexity index is 1130. The zero-order chi connectivity index (χ0) is 21.3. The van der Waals surface area contributed by atoms with Gasteiger partial charge < -0.3 is 14.6 Å². The predicted molar refractivity (Wildman–Crippen MR) is 108 cm³/mol. The molecule has 0 saturated carbocycles. The van der Waals surface area contributed by atoms with Crippen molar-refractivity contribution in [2.75, 3.05) is 11.9 Å². The highest BCUT2D eigenvalue weighted by Crippen LogP contribution is 2.31. The fourth-order valence-electron chi connectivity index (χ4n) is 3.23. The summed E-state index contributed by atoms with van der Waals surface area (Å²) in [4.78, 5) is 34.9. The molecule has 10 nitrogen and oxygen atoms in total. The Morgan fingerprint density at radius 3 is 2.93 bits per heavy atom. The molecule has 1 N–H and O–H groups in total. The van der Waals surface area contributed by atoms with Gasteiger partial charge in [0.1, 0.15) is 29.6 Å². The van der Waals surface area contributed by atoms with Gasteiger partial charge in [-0.1, -0.05) is 17.7 Å². The molecule has 2 amide bonds. The minimum Gasteiger partial charge on any atom is -0.443 e. The summed E-state index contributed by atoms with van der Waals surface area (Å²) in [5, 5.41) is 10.6. The van der Waals surface area contributed by atoms with Crippen molar-refractivity contribution in [2.45, 2.75) is 26.6 Å². The van der Waals surface area contributed by atoms with Crippen LogP contribution in [0.5, 0.6) is 0 Å². The van der Waals surface area contributed by atoms with Crippen molar-refractivity contribution in [3.05, 3.63) is 52.6 Å². The number of nitrogens with one attached hydrogen (secondary N) is 1. The first kappa shape index (κ1) is 19.8. The zero-order valence-electron chi connectivity index (χ0n) is 16.3. The van der Waals surface area contributed by atoms with Crippen molar-refractivity contribution in [3.63, 3.8) is 0 Å². The van der Waals surface area contributed by atoms with Crippen LogP contribution >= 0.6 is 11.6 Å². The molecule has 1 aliphatic rings. The molecule has 0 unspecified atom stereocenters. The summed E-state index contributed by atoms with van der Waals surface area (Å²) in [7, 11) is 1.46. The van der Waals surface area contributed by atoms with Gasteiger partial charge in [0.2, 0.25) is 0 Å². The second-order valence-corrected chi connectivity index (χ2v) is 6.84. The largest absolute Gasteiger partial charge is 0.443 e. The highest BCUT2D eigenvalue weighted by atomic mass is 35.5. The topological polar surface area (TPSA) is 115 Å². The number of hydrogen-bond acceptors (Lipinski definition) is 7. The number of carbonyl (C=O) groups excluding carboxylic acids is 2. The lowest BCUT2D eigenvalue weighted by atomic mass is 10.1. The molecule has 0 bridgehead atoms. The molecule has 1 aliphatic heterocycles. The van der Waals surface area contributed by atoms with Crippen LogP contribution in [-0.4, -0.2) is 43.8 Å². The molecule has 30 heavy (non-hydrogen) atoms. The van der Waals surface area contributed by atoms with Gasteiger partial charge in [0, 0.05) is 24.7 Å². The Balaban J connectivity index is 1.66. The minimum absolute atomic E-state index is 0.100. The van der Waals surface area contributed by atoms with E-state index < -0.39 is 6.09 Å². The van der Waals surface area contributed by atoms with Crippen LogP contribution in [0.15, 0.2) is 30.6 Å². The van der Waals surface area contributed by atoms with Crippen molar-refractivity contribution in [3.8, 4) is 11.5 Å². The van der Waals surface area contributed by atoms with Crippen molar-refractivity contribution in [1.29, 1.82) is 0 Å². The van der Waals surface area contributed by atoms with Crippen LogP contribution in [0.4, 0.5) is 10.6 Å². The molecule has 0 aliphatic carbocycles. The number of carbonyl (C=O) groups is 2. The van der Waals surface area contributed by atoms with Gasteiger partial charge in [-0.15, -0.1) is 10.2 Å². The van der Waals surface area contributed by atoms with Crippen molar-refractivity contribution >= 4 is 29.4 Å². The smallest absolute Gasteiger partial charge is 0.407 e. The highest BCUT2D eigenvalue weighted by Gasteiger charge is 2.33. The van der Waals surface area contributed by atoms with Crippen LogP contribution in [0, 0.1) is 0 Å². The van der Waals surface area contributed by atoms with Crippen LogP contribution in [0.2, 0.25) is 5.15 Å². The van der Waals surface area contributed by atoms with Crippen LogP contribution < -0.4 is 10.2 Å². The Morgan fingerprint density at radius 1 is 1.33 bits per heavy atom. The molecular weight excluding hydrogens is 410 g/mol. The molecule has 0 aromatic carbocycles. The van der Waals surface area contributed by atoms with E-state index in [-0.39, 0.29) is 24.2 Å². The van der Waals surface area contributed by atoms with E-state index >= 15 is 0 Å². The Kier molecular flexibility index (Phi) is 5.32. The van der Waals surface area contributed by atoms with Gasteiger partial charge in [0.05, 0.1) is 12.2 Å². The molecule has 4 heterocycles. The fourth-order valence-corrected chi connectivity index (χ4v) is 3.44. The first-order valence-corrected chi connectivity index (χ1v) is 9.59. The number of alkyl carbamates (subject to hydrolysis) is 1. The van der Waals surface area contributed by atoms with E-state index in [1.807, 2.05) is 23.6 Å². The maximum Gasteiger partial charge on any atom is 0.407 e. The highest BCUT2D eigenvalue weighted by molar-refractivity contribution is 6.30. The molecule has 0 spiro atoms. The number of nitrogens with zero attached hydrogens (tertiary/aromatic N) is 6. The second kappa shape index (κ2) is 8.07. The molecule has 0 fully saturated rings. The maximum atomic E-state index is 13.1. The number of aryl methyl sites for hydroxylation is 1. The lowest BCUT2D eigenvalue weighted by Gasteiger charge is -2.15. The van der Waals surface area contributed by atoms with E-state index in [2.05, 4.69) is 25.5 Å². The van der Waals surface area contributed by atoms with Crippen molar-refractivity contribution < 1.29 is 14.3 Å². The third-order valence-electron chi connectivity index (χ3n) is 4.71. The average Bonchev–Trinajstić information content (AvgIpc) is 3.37. The van der Waals surface area contributed by atoms with E-state index in [0.29, 0.717) is 40.7 Å². The molecule has 3 aromatic heterocycles. The number of aromatic nitrogens is 5. The van der Waals surface area contributed by atoms with E-state index in [4.69, 9.17) is 16.3 Å². The summed E-state index contributed by atoms with van der Waals surface area (Å²) < 4.78 is 6.96. The standard InChI is InChI=1S/C19H18ClN7O3/c1-3-26-10-22-25-17(26)13-5-4-6-16(24-13)27-8-12-11(18(27)28)7-15(20)23-14(12)9-30-19(29)21-2/h4-7,10H,3,8-9H2,1-2H3,(H,21,29). The number of anilines is 1. The summed E-state index contributed by atoms with van der Waals surface area (Å²) in [6, 6.07) is 6.88. The van der Waals surface area contributed by atoms with E-state index in [1.54, 1.807) is 12.4 Å². The quantitative estimate of drug-likeness (QED) is 0.621. The summed E-state index contributed by atoms with van der Waals surface area (Å²) in [5.74, 6) is 0.832. The third kappa shape index (κ3) is 3.57. The Labute approximate surface area is 176 Å². The van der Waals surface area contributed by atoms with Crippen molar-refractivity contribution in [1.82, 2.24) is 30.0 Å². The molecular formula is C19H18ClN7O3. The Morgan fingerprint density at radius 2 is 2.17 bits per heavy atom. The summed E-state index contributed by atoms with van der Waals surface area (Å²) in [6.45, 7) is 2.82. The fraction of sp³-hybridized carbons (Fsp3) is 0.263. The van der Waals surface area contributed by atoms with Gasteiger partial charge in [0.15, 0.2) is 5.82 Å². The lowest BCUT2D eigenvalue weighted by Crippen LogP contribution is -2.24. The molecule has 0 saturated heterocycles. The zero-order valence-corrected chi connectivity index (χ0v) is 17.0. The van der Waals surface area contributed by atoms with E-state index in [0.717, 1.165) is 0 Å². The molecule has 4 rings (SSSR count). The number of pyridine rings is 2. The van der Waals surface area contributed by atoms with E-state index in [1.165, 1.54) is 18.0 Å². The number of fused-ring (bicyclic) bond motifs is 1. The maximum absolute atomic E-state index is 13.1. The normalized spacial score (nSPS) is 12.8. The van der Waals surface area contributed by atoms with Crippen molar-refractivity contribution in [2.24, 2.45) is 0 Å². The first-order chi connectivity index (χ1) is 14.5. The molecule has 154 valence electrons. The predicted octanol–water partition coefficient (Wildman–Crippen LogP) is 2.42. The average molecular weight is 428 g/mol. The number of amides is 2. The van der Waals surface area contributed by atoms with Crippen LogP contribution in [0.3, 0.4) is 0 Å². The minimum atomic E-state index is -0.596. The molecule has 3 aromatic rings. The van der Waals surface area contributed by atoms with Gasteiger partial charge >= 0.3 is 6.09 Å². The summed E-state index contributed by atoms with van der Waals surface area (Å²) in [6.07, 6.45) is 1.04. The van der Waals surface area contributed by atoms with Gasteiger partial charge in [-0.05, 0) is 25.1 Å². The summed E-state index contributed by atoms with van der Waals surface area (Å²) >= 11 is 6.09. The third-order valence-corrected chi connectivity index (χ3v) is 4.90.